The van der Waals surface area contributed by atoms with Crippen LogP contribution in [0.15, 0.2) is 42.7 Å². The molecule has 2 heterocycles. The van der Waals surface area contributed by atoms with E-state index < -0.39 is 0 Å². The average molecular weight is 237 g/mol. The molecule has 0 saturated carbocycles. The number of nitrogens with zero attached hydrogens (tertiary/aromatic N) is 3. The monoisotopic (exact) mass is 237 g/mol. The molecule has 72 valence electrons. The smallest absolute Gasteiger partial charge is 0.255 e. The minimum Gasteiger partial charge on any atom is -0.255 e. The Morgan fingerprint density at radius 2 is 1.80 bits per heavy atom. The number of hydrogen-bond donors (Lipinski definition) is 0. The van der Waals surface area contributed by atoms with Crippen LogP contribution in [0.3, 0.4) is 0 Å². The van der Waals surface area contributed by atoms with E-state index in [0.29, 0.717) is 11.3 Å². The summed E-state index contributed by atoms with van der Waals surface area (Å²) < 4.78 is 0. The van der Waals surface area contributed by atoms with E-state index in [4.69, 9.17) is 5.26 Å². The Balaban J connectivity index is 0.00000112. The van der Waals surface area contributed by atoms with Crippen molar-refractivity contribution in [3.8, 4) is 17.5 Å². The predicted octanol–water partition coefficient (Wildman–Crippen LogP) is 2.01. The second-order valence-electron chi connectivity index (χ2n) is 2.73. The molecule has 0 aliphatic heterocycles. The van der Waals surface area contributed by atoms with Gasteiger partial charge in [-0.1, -0.05) is 6.07 Å². The molecule has 0 saturated heterocycles. The van der Waals surface area contributed by atoms with Crippen LogP contribution in [0.5, 0.6) is 0 Å². The van der Waals surface area contributed by atoms with Gasteiger partial charge in [0.1, 0.15) is 11.8 Å². The van der Waals surface area contributed by atoms with Crippen LogP contribution in [-0.2, 0) is 17.1 Å². The van der Waals surface area contributed by atoms with Gasteiger partial charge in [0.05, 0.1) is 11.3 Å². The molecular weight excluding hydrogens is 230 g/mol. The molecule has 0 spiro atoms. The summed E-state index contributed by atoms with van der Waals surface area (Å²) in [7, 11) is 0. The summed E-state index contributed by atoms with van der Waals surface area (Å²) in [5.41, 5.74) is 1.91. The molecule has 2 rings (SSSR count). The van der Waals surface area contributed by atoms with Crippen LogP contribution in [0.1, 0.15) is 5.56 Å². The minimum absolute atomic E-state index is 0. The summed E-state index contributed by atoms with van der Waals surface area (Å²) >= 11 is 0. The van der Waals surface area contributed by atoms with Gasteiger partial charge in [-0.05, 0) is 24.3 Å². The maximum absolute atomic E-state index is 8.86. The first kappa shape index (κ1) is 11.4. The van der Waals surface area contributed by atoms with Crippen LogP contribution >= 0.6 is 0 Å². The van der Waals surface area contributed by atoms with Crippen molar-refractivity contribution in [3.63, 3.8) is 0 Å². The van der Waals surface area contributed by atoms with E-state index in [2.05, 4.69) is 16.0 Å². The second-order valence-corrected chi connectivity index (χ2v) is 2.73. The summed E-state index contributed by atoms with van der Waals surface area (Å²) in [6.07, 6.45) is 3.34. The number of hydrogen-bond acceptors (Lipinski definition) is 3. The van der Waals surface area contributed by atoms with Crippen molar-refractivity contribution in [1.82, 2.24) is 9.97 Å². The molecule has 0 unspecified atom stereocenters. The summed E-state index contributed by atoms with van der Waals surface area (Å²) in [6.45, 7) is 0. The van der Waals surface area contributed by atoms with E-state index in [-0.39, 0.29) is 17.1 Å². The van der Waals surface area contributed by atoms with Crippen molar-refractivity contribution >= 4 is 0 Å². The molecule has 15 heavy (non-hydrogen) atoms. The summed E-state index contributed by atoms with van der Waals surface area (Å²) in [5, 5.41) is 8.86. The molecule has 0 aromatic carbocycles. The first-order valence-electron chi connectivity index (χ1n) is 4.18. The van der Waals surface area contributed by atoms with E-state index >= 15 is 0 Å². The standard InChI is InChI=1S/C11H7N3.Fe/c12-8-9-4-3-7-14-11(9)10-5-1-2-6-13-10;/h1-7H;/q;+2. The SMILES string of the molecule is N#Cc1cccnc1-c1ccccn1.[Fe+2]. The molecular formula is C11H7FeN3+2. The zero-order valence-electron chi connectivity index (χ0n) is 7.74. The Kier molecular flexibility index (Phi) is 3.99. The van der Waals surface area contributed by atoms with Gasteiger partial charge in [0.25, 0.3) is 0 Å². The quantitative estimate of drug-likeness (QED) is 0.712. The van der Waals surface area contributed by atoms with E-state index in [0.717, 1.165) is 5.69 Å². The Morgan fingerprint density at radius 1 is 1.00 bits per heavy atom. The molecule has 0 aliphatic carbocycles. The first-order valence-corrected chi connectivity index (χ1v) is 4.18. The third-order valence-corrected chi connectivity index (χ3v) is 1.84. The minimum atomic E-state index is 0. The number of pyridine rings is 2. The van der Waals surface area contributed by atoms with Crippen LogP contribution in [0, 0.1) is 11.3 Å². The molecule has 0 atom stereocenters. The normalized spacial score (nSPS) is 8.73. The van der Waals surface area contributed by atoms with Crippen molar-refractivity contribution in [2.45, 2.75) is 0 Å². The molecule has 0 bridgehead atoms. The Hall–Kier alpha value is -1.69. The fourth-order valence-electron chi connectivity index (χ4n) is 1.20. The van der Waals surface area contributed by atoms with Crippen molar-refractivity contribution in [1.29, 1.82) is 5.26 Å². The number of nitriles is 1. The van der Waals surface area contributed by atoms with Crippen LogP contribution < -0.4 is 0 Å². The maximum atomic E-state index is 8.86. The van der Waals surface area contributed by atoms with Gasteiger partial charge < -0.3 is 0 Å². The topological polar surface area (TPSA) is 49.6 Å². The van der Waals surface area contributed by atoms with Gasteiger partial charge in [0.15, 0.2) is 0 Å². The summed E-state index contributed by atoms with van der Waals surface area (Å²) in [6, 6.07) is 11.1. The van der Waals surface area contributed by atoms with E-state index in [1.807, 2.05) is 18.2 Å². The van der Waals surface area contributed by atoms with Crippen molar-refractivity contribution < 1.29 is 17.1 Å². The molecule has 0 aliphatic rings. The van der Waals surface area contributed by atoms with Crippen LogP contribution in [-0.4, -0.2) is 9.97 Å². The molecule has 2 aromatic heterocycles. The molecule has 0 N–H and O–H groups in total. The average Bonchev–Trinajstić information content (AvgIpc) is 2.30. The number of aromatic nitrogens is 2. The Labute approximate surface area is 98.3 Å². The second kappa shape index (κ2) is 5.25. The van der Waals surface area contributed by atoms with E-state index in [1.165, 1.54) is 0 Å². The third kappa shape index (κ3) is 2.41. The molecule has 2 aromatic rings. The molecule has 4 heteroatoms. The Bertz CT molecular complexity index is 477. The van der Waals surface area contributed by atoms with Crippen molar-refractivity contribution in [2.24, 2.45) is 0 Å². The molecule has 0 fully saturated rings. The van der Waals surface area contributed by atoms with Gasteiger partial charge in [0.2, 0.25) is 0 Å². The maximum Gasteiger partial charge on any atom is 2.00 e. The molecule has 0 radical (unpaired) electrons. The van der Waals surface area contributed by atoms with Crippen molar-refractivity contribution in [3.05, 3.63) is 48.3 Å². The van der Waals surface area contributed by atoms with Gasteiger partial charge in [-0.3, -0.25) is 9.97 Å². The van der Waals surface area contributed by atoms with Crippen molar-refractivity contribution in [2.75, 3.05) is 0 Å². The largest absolute Gasteiger partial charge is 2.00 e. The van der Waals surface area contributed by atoms with Crippen LogP contribution in [0.25, 0.3) is 11.4 Å². The van der Waals surface area contributed by atoms with Gasteiger partial charge in [-0.25, -0.2) is 0 Å². The third-order valence-electron chi connectivity index (χ3n) is 1.84. The van der Waals surface area contributed by atoms with Gasteiger partial charge in [0, 0.05) is 12.4 Å². The fraction of sp³-hybridized carbons (Fsp3) is 0. The van der Waals surface area contributed by atoms with Gasteiger partial charge in [-0.15, -0.1) is 0 Å². The molecule has 0 amide bonds. The summed E-state index contributed by atoms with van der Waals surface area (Å²) in [5.74, 6) is 0. The van der Waals surface area contributed by atoms with Crippen LogP contribution in [0.4, 0.5) is 0 Å². The van der Waals surface area contributed by atoms with E-state index in [9.17, 15) is 0 Å². The fourth-order valence-corrected chi connectivity index (χ4v) is 1.20. The number of rotatable bonds is 1. The van der Waals surface area contributed by atoms with E-state index in [1.54, 1.807) is 24.5 Å². The zero-order valence-corrected chi connectivity index (χ0v) is 8.84. The van der Waals surface area contributed by atoms with Crippen LogP contribution in [0.2, 0.25) is 0 Å². The molecule has 3 nitrogen and oxygen atoms in total. The van der Waals surface area contributed by atoms with Gasteiger partial charge in [-0.2, -0.15) is 5.26 Å². The Morgan fingerprint density at radius 3 is 2.47 bits per heavy atom. The predicted molar refractivity (Wildman–Crippen MR) is 52.2 cm³/mol. The first-order chi connectivity index (χ1) is 6.92. The zero-order chi connectivity index (χ0) is 9.80. The summed E-state index contributed by atoms with van der Waals surface area (Å²) in [4.78, 5) is 8.28. The van der Waals surface area contributed by atoms with Gasteiger partial charge >= 0.3 is 17.1 Å².